The van der Waals surface area contributed by atoms with Gasteiger partial charge in [-0.25, -0.2) is 17.8 Å². The molecule has 3 rings (SSSR count). The Bertz CT molecular complexity index is 901. The highest BCUT2D eigenvalue weighted by molar-refractivity contribution is 7.93. The SMILES string of the molecule is CCCC(=S)NC[C@H]1CN(c2ccc(C3CCS(=O)(=NCC)CC3)c(F)c2)C(=O)O1. The molecular weight excluding hydrogens is 425 g/mol. The van der Waals surface area contributed by atoms with Crippen LogP contribution in [0.25, 0.3) is 0 Å². The van der Waals surface area contributed by atoms with Crippen molar-refractivity contribution in [3.05, 3.63) is 29.6 Å². The molecule has 0 spiro atoms. The summed E-state index contributed by atoms with van der Waals surface area (Å²) in [4.78, 5) is 14.5. The van der Waals surface area contributed by atoms with Crippen molar-refractivity contribution in [2.75, 3.05) is 36.0 Å². The number of thiocarbonyl (C=S) groups is 1. The number of hydrogen-bond donors (Lipinski definition) is 1. The van der Waals surface area contributed by atoms with E-state index in [4.69, 9.17) is 17.0 Å². The Morgan fingerprint density at radius 3 is 2.73 bits per heavy atom. The Hall–Kier alpha value is -1.74. The Labute approximate surface area is 183 Å². The molecule has 30 heavy (non-hydrogen) atoms. The van der Waals surface area contributed by atoms with Crippen LogP contribution >= 0.6 is 12.2 Å². The van der Waals surface area contributed by atoms with Crippen molar-refractivity contribution < 1.29 is 18.1 Å². The number of carbonyl (C=O) groups is 1. The van der Waals surface area contributed by atoms with E-state index in [-0.39, 0.29) is 17.8 Å². The monoisotopic (exact) mass is 455 g/mol. The first kappa shape index (κ1) is 22.9. The summed E-state index contributed by atoms with van der Waals surface area (Å²) in [6, 6.07) is 4.91. The average molecular weight is 456 g/mol. The van der Waals surface area contributed by atoms with Crippen molar-refractivity contribution in [1.82, 2.24) is 5.32 Å². The van der Waals surface area contributed by atoms with Crippen molar-refractivity contribution >= 4 is 38.7 Å². The average Bonchev–Trinajstić information content (AvgIpc) is 3.08. The number of rotatable bonds is 7. The van der Waals surface area contributed by atoms with Gasteiger partial charge in [0.1, 0.15) is 11.9 Å². The van der Waals surface area contributed by atoms with E-state index in [0.29, 0.717) is 55.2 Å². The van der Waals surface area contributed by atoms with Gasteiger partial charge in [0.05, 0.1) is 23.8 Å². The number of nitrogens with one attached hydrogen (secondary N) is 1. The van der Waals surface area contributed by atoms with Gasteiger partial charge in [-0.3, -0.25) is 4.90 Å². The molecule has 166 valence electrons. The largest absolute Gasteiger partial charge is 0.442 e. The van der Waals surface area contributed by atoms with Crippen LogP contribution in [0.15, 0.2) is 22.6 Å². The lowest BCUT2D eigenvalue weighted by Crippen LogP contribution is -2.33. The topological polar surface area (TPSA) is 71.0 Å². The molecule has 1 amide bonds. The summed E-state index contributed by atoms with van der Waals surface area (Å²) < 4.78 is 37.1. The number of amides is 1. The van der Waals surface area contributed by atoms with E-state index in [1.165, 1.54) is 11.0 Å². The molecule has 9 heteroatoms. The molecule has 2 aliphatic rings. The molecule has 0 aliphatic carbocycles. The summed E-state index contributed by atoms with van der Waals surface area (Å²) in [5, 5.41) is 3.12. The number of cyclic esters (lactones) is 1. The second-order valence-corrected chi connectivity index (χ2v) is 10.9. The molecule has 0 saturated carbocycles. The molecule has 2 aliphatic heterocycles. The third-order valence-electron chi connectivity index (χ3n) is 5.55. The van der Waals surface area contributed by atoms with Gasteiger partial charge >= 0.3 is 6.09 Å². The molecule has 1 atom stereocenters. The van der Waals surface area contributed by atoms with Crippen molar-refractivity contribution in [2.45, 2.75) is 51.6 Å². The van der Waals surface area contributed by atoms with Crippen LogP contribution in [0.4, 0.5) is 14.9 Å². The van der Waals surface area contributed by atoms with Gasteiger partial charge in [-0.1, -0.05) is 25.2 Å². The van der Waals surface area contributed by atoms with E-state index in [2.05, 4.69) is 16.6 Å². The first-order valence-corrected chi connectivity index (χ1v) is 12.8. The maximum Gasteiger partial charge on any atom is 0.414 e. The fraction of sp³-hybridized carbons (Fsp3) is 0.619. The number of ether oxygens (including phenoxy) is 1. The highest BCUT2D eigenvalue weighted by Crippen LogP contribution is 2.34. The van der Waals surface area contributed by atoms with Gasteiger partial charge in [0.2, 0.25) is 0 Å². The molecule has 0 aromatic heterocycles. The van der Waals surface area contributed by atoms with Crippen LogP contribution in [-0.4, -0.2) is 52.5 Å². The van der Waals surface area contributed by atoms with Gasteiger partial charge in [0.25, 0.3) is 0 Å². The van der Waals surface area contributed by atoms with Gasteiger partial charge < -0.3 is 10.1 Å². The maximum absolute atomic E-state index is 14.9. The number of carbonyl (C=O) groups excluding carboxylic acids is 1. The lowest BCUT2D eigenvalue weighted by Gasteiger charge is -2.25. The molecule has 0 unspecified atom stereocenters. The van der Waals surface area contributed by atoms with Gasteiger partial charge in [0.15, 0.2) is 0 Å². The highest BCUT2D eigenvalue weighted by Gasteiger charge is 2.33. The first-order valence-electron chi connectivity index (χ1n) is 10.6. The Balaban J connectivity index is 1.63. The summed E-state index contributed by atoms with van der Waals surface area (Å²) in [6.45, 7) is 5.30. The summed E-state index contributed by atoms with van der Waals surface area (Å²) in [5.74, 6) is 0.721. The number of benzene rings is 1. The summed E-state index contributed by atoms with van der Waals surface area (Å²) in [6.07, 6.45) is 2.28. The maximum atomic E-state index is 14.9. The van der Waals surface area contributed by atoms with E-state index >= 15 is 0 Å². The lowest BCUT2D eigenvalue weighted by atomic mass is 9.93. The van der Waals surface area contributed by atoms with Crippen molar-refractivity contribution in [3.63, 3.8) is 0 Å². The Morgan fingerprint density at radius 2 is 2.10 bits per heavy atom. The number of hydrogen-bond acceptors (Lipinski definition) is 5. The minimum Gasteiger partial charge on any atom is -0.442 e. The highest BCUT2D eigenvalue weighted by atomic mass is 32.2. The second-order valence-electron chi connectivity index (χ2n) is 7.78. The molecule has 1 N–H and O–H groups in total. The minimum atomic E-state index is -2.13. The van der Waals surface area contributed by atoms with Gasteiger partial charge in [-0.05, 0) is 56.2 Å². The van der Waals surface area contributed by atoms with E-state index in [1.54, 1.807) is 12.1 Å². The van der Waals surface area contributed by atoms with E-state index in [1.807, 2.05) is 6.92 Å². The number of halogens is 1. The van der Waals surface area contributed by atoms with Gasteiger partial charge in [0, 0.05) is 27.8 Å². The number of nitrogens with zero attached hydrogens (tertiary/aromatic N) is 2. The third kappa shape index (κ3) is 5.49. The van der Waals surface area contributed by atoms with Crippen LogP contribution in [0, 0.1) is 5.82 Å². The van der Waals surface area contributed by atoms with Crippen LogP contribution in [0.3, 0.4) is 0 Å². The standard InChI is InChI=1S/C21H30FN3O3S2/c1-3-5-20(29)23-13-17-14-25(21(26)28-17)16-6-7-18(19(22)12-16)15-8-10-30(27,11-9-15)24-4-2/h6-7,12,15,17H,3-5,8-11,13-14H2,1-2H3,(H,23,29)/t15?,17-,30?/m0/s1. The Kier molecular flexibility index (Phi) is 7.68. The molecule has 6 nitrogen and oxygen atoms in total. The molecule has 2 fully saturated rings. The van der Waals surface area contributed by atoms with Crippen LogP contribution < -0.4 is 10.2 Å². The number of anilines is 1. The predicted molar refractivity (Wildman–Crippen MR) is 122 cm³/mol. The quantitative estimate of drug-likeness (QED) is 0.623. The van der Waals surface area contributed by atoms with E-state index in [9.17, 15) is 13.4 Å². The molecule has 1 aromatic rings. The zero-order valence-corrected chi connectivity index (χ0v) is 19.2. The van der Waals surface area contributed by atoms with Gasteiger partial charge in [-0.2, -0.15) is 0 Å². The van der Waals surface area contributed by atoms with Crippen molar-refractivity contribution in [3.8, 4) is 0 Å². The normalized spacial score (nSPS) is 26.4. The van der Waals surface area contributed by atoms with Crippen molar-refractivity contribution in [1.29, 1.82) is 0 Å². The predicted octanol–water partition coefficient (Wildman–Crippen LogP) is 4.23. The van der Waals surface area contributed by atoms with E-state index in [0.717, 1.165) is 17.8 Å². The first-order chi connectivity index (χ1) is 14.3. The van der Waals surface area contributed by atoms with E-state index < -0.39 is 15.8 Å². The summed E-state index contributed by atoms with van der Waals surface area (Å²) in [5.41, 5.74) is 1.10. The molecule has 0 bridgehead atoms. The lowest BCUT2D eigenvalue weighted by molar-refractivity contribution is 0.143. The third-order valence-corrected chi connectivity index (χ3v) is 8.37. The molecule has 2 saturated heterocycles. The summed E-state index contributed by atoms with van der Waals surface area (Å²) in [7, 11) is -2.13. The fourth-order valence-corrected chi connectivity index (χ4v) is 6.50. The molecule has 0 radical (unpaired) electrons. The Morgan fingerprint density at radius 1 is 1.37 bits per heavy atom. The fourth-order valence-electron chi connectivity index (χ4n) is 3.97. The van der Waals surface area contributed by atoms with Crippen molar-refractivity contribution in [2.24, 2.45) is 4.36 Å². The minimum absolute atomic E-state index is 0.0303. The van der Waals surface area contributed by atoms with Crippen LogP contribution in [0.5, 0.6) is 0 Å². The molecular formula is C21H30FN3O3S2. The summed E-state index contributed by atoms with van der Waals surface area (Å²) >= 11 is 5.22. The zero-order valence-electron chi connectivity index (χ0n) is 17.6. The molecule has 1 aromatic carbocycles. The second kappa shape index (κ2) is 10.0. The van der Waals surface area contributed by atoms with Gasteiger partial charge in [-0.15, -0.1) is 0 Å². The van der Waals surface area contributed by atoms with Crippen LogP contribution in [0.2, 0.25) is 0 Å². The molecule has 2 heterocycles. The van der Waals surface area contributed by atoms with Crippen LogP contribution in [-0.2, 0) is 14.5 Å². The van der Waals surface area contributed by atoms with Crippen LogP contribution in [0.1, 0.15) is 51.0 Å². The zero-order chi connectivity index (χ0) is 21.7. The smallest absolute Gasteiger partial charge is 0.414 e.